The smallest absolute Gasteiger partial charge is 0.410 e. The van der Waals surface area contributed by atoms with E-state index in [-0.39, 0.29) is 34.7 Å². The third kappa shape index (κ3) is 6.90. The molecule has 1 fully saturated rings. The summed E-state index contributed by atoms with van der Waals surface area (Å²) in [5.74, 6) is -0.398. The zero-order valence-corrected chi connectivity index (χ0v) is 17.7. The molecule has 31 heavy (non-hydrogen) atoms. The highest BCUT2D eigenvalue weighted by atomic mass is 19.1. The van der Waals surface area contributed by atoms with Crippen molar-refractivity contribution in [1.82, 2.24) is 4.90 Å². The lowest BCUT2D eigenvalue weighted by molar-refractivity contribution is 0.0164. The molecule has 0 unspecified atom stereocenters. The number of piperidine rings is 1. The molecule has 1 heterocycles. The largest absolute Gasteiger partial charge is 0.490 e. The number of likely N-dealkylation sites (tertiary alicyclic amines) is 1. The van der Waals surface area contributed by atoms with Crippen LogP contribution in [0.25, 0.3) is 0 Å². The van der Waals surface area contributed by atoms with E-state index in [9.17, 15) is 9.18 Å². The topological polar surface area (TPSA) is 122 Å². The summed E-state index contributed by atoms with van der Waals surface area (Å²) in [5, 5.41) is 29.3. The summed E-state index contributed by atoms with van der Waals surface area (Å²) < 4.78 is 25.4. The summed E-state index contributed by atoms with van der Waals surface area (Å²) in [7, 11) is 0. The molecule has 1 aliphatic heterocycles. The van der Waals surface area contributed by atoms with Gasteiger partial charge in [0.15, 0.2) is 17.1 Å². The highest BCUT2D eigenvalue weighted by Gasteiger charge is 2.27. The van der Waals surface area contributed by atoms with Crippen molar-refractivity contribution in [1.29, 1.82) is 15.8 Å². The molecule has 162 valence electrons. The summed E-state index contributed by atoms with van der Waals surface area (Å²) in [6.45, 7) is 6.89. The van der Waals surface area contributed by atoms with Gasteiger partial charge in [-0.2, -0.15) is 15.8 Å². The van der Waals surface area contributed by atoms with Gasteiger partial charge in [0.1, 0.15) is 29.5 Å². The van der Waals surface area contributed by atoms with Crippen molar-refractivity contribution in [3.8, 4) is 24.0 Å². The minimum atomic E-state index is -0.635. The lowest BCUT2D eigenvalue weighted by Crippen LogP contribution is -2.42. The number of amides is 1. The molecule has 0 saturated carbocycles. The quantitative estimate of drug-likeness (QED) is 0.705. The molecule has 1 aliphatic rings. The van der Waals surface area contributed by atoms with Crippen LogP contribution in [0.5, 0.6) is 5.75 Å². The van der Waals surface area contributed by atoms with Crippen LogP contribution in [0.2, 0.25) is 0 Å². The van der Waals surface area contributed by atoms with Crippen LogP contribution in [0.4, 0.5) is 14.9 Å². The SMILES string of the molecule is CC(C)(C)OC(=O)N1CCC(COc2ccc(NC(C#N)=C(C#N)C#N)cc2F)CC1. The third-order valence-corrected chi connectivity index (χ3v) is 4.53. The van der Waals surface area contributed by atoms with E-state index >= 15 is 0 Å². The molecule has 1 amide bonds. The minimum Gasteiger partial charge on any atom is -0.490 e. The number of hydrogen-bond acceptors (Lipinski definition) is 7. The number of hydrogen-bond donors (Lipinski definition) is 1. The Bertz CT molecular complexity index is 955. The van der Waals surface area contributed by atoms with Gasteiger partial charge in [-0.25, -0.2) is 9.18 Å². The molecular weight excluding hydrogens is 401 g/mol. The van der Waals surface area contributed by atoms with Crippen molar-refractivity contribution in [2.45, 2.75) is 39.2 Å². The zero-order valence-electron chi connectivity index (χ0n) is 17.7. The van der Waals surface area contributed by atoms with Crippen LogP contribution in [0, 0.1) is 45.7 Å². The summed E-state index contributed by atoms with van der Waals surface area (Å²) >= 11 is 0. The van der Waals surface area contributed by atoms with Crippen molar-refractivity contribution in [3.05, 3.63) is 35.3 Å². The maximum Gasteiger partial charge on any atom is 0.410 e. The van der Waals surface area contributed by atoms with Gasteiger partial charge in [-0.3, -0.25) is 0 Å². The number of rotatable bonds is 5. The minimum absolute atomic E-state index is 0.0587. The maximum atomic E-state index is 14.4. The first kappa shape index (κ1) is 23.5. The number of nitriles is 3. The summed E-state index contributed by atoms with van der Waals surface area (Å²) in [5.41, 5.74) is -0.963. The molecule has 0 aromatic heterocycles. The fraction of sp³-hybridized carbons (Fsp3) is 0.455. The number of ether oxygens (including phenoxy) is 2. The van der Waals surface area contributed by atoms with Crippen molar-refractivity contribution in [2.24, 2.45) is 5.92 Å². The van der Waals surface area contributed by atoms with Crippen LogP contribution in [-0.2, 0) is 4.74 Å². The number of carbonyl (C=O) groups is 1. The fourth-order valence-corrected chi connectivity index (χ4v) is 2.94. The Balaban J connectivity index is 1.90. The van der Waals surface area contributed by atoms with Gasteiger partial charge in [0.25, 0.3) is 0 Å². The molecular formula is C22H24FN5O3. The average molecular weight is 425 g/mol. The molecule has 2 rings (SSSR count). The van der Waals surface area contributed by atoms with Crippen molar-refractivity contribution >= 4 is 11.8 Å². The summed E-state index contributed by atoms with van der Waals surface area (Å²) in [4.78, 5) is 13.8. The monoisotopic (exact) mass is 425 g/mol. The first-order chi connectivity index (χ1) is 14.7. The molecule has 0 bridgehead atoms. The number of nitrogens with zero attached hydrogens (tertiary/aromatic N) is 4. The molecule has 1 aromatic rings. The highest BCUT2D eigenvalue weighted by molar-refractivity contribution is 5.68. The molecule has 0 aliphatic carbocycles. The van der Waals surface area contributed by atoms with Crippen molar-refractivity contribution in [2.75, 3.05) is 25.0 Å². The highest BCUT2D eigenvalue weighted by Crippen LogP contribution is 2.25. The van der Waals surface area contributed by atoms with Crippen molar-refractivity contribution < 1.29 is 18.7 Å². The van der Waals surface area contributed by atoms with E-state index < -0.39 is 11.4 Å². The lowest BCUT2D eigenvalue weighted by Gasteiger charge is -2.33. The first-order valence-corrected chi connectivity index (χ1v) is 9.78. The second kappa shape index (κ2) is 10.3. The molecule has 8 nitrogen and oxygen atoms in total. The Morgan fingerprint density at radius 2 is 1.84 bits per heavy atom. The van der Waals surface area contributed by atoms with Gasteiger partial charge in [0.2, 0.25) is 0 Å². The second-order valence-corrected chi connectivity index (χ2v) is 8.08. The van der Waals surface area contributed by atoms with Crippen LogP contribution in [0.15, 0.2) is 29.5 Å². The number of benzene rings is 1. The van der Waals surface area contributed by atoms with E-state index in [1.54, 1.807) is 23.1 Å². The molecule has 1 aromatic carbocycles. The van der Waals surface area contributed by atoms with E-state index in [1.807, 2.05) is 20.8 Å². The van der Waals surface area contributed by atoms with Gasteiger partial charge < -0.3 is 19.7 Å². The number of nitrogens with one attached hydrogen (secondary N) is 1. The number of carbonyl (C=O) groups excluding carboxylic acids is 1. The Labute approximate surface area is 181 Å². The third-order valence-electron chi connectivity index (χ3n) is 4.53. The van der Waals surface area contributed by atoms with E-state index in [4.69, 9.17) is 25.3 Å². The van der Waals surface area contributed by atoms with Gasteiger partial charge in [0.05, 0.1) is 6.61 Å². The fourth-order valence-electron chi connectivity index (χ4n) is 2.94. The van der Waals surface area contributed by atoms with E-state index in [2.05, 4.69) is 5.32 Å². The maximum absolute atomic E-state index is 14.4. The van der Waals surface area contributed by atoms with Gasteiger partial charge in [-0.15, -0.1) is 0 Å². The molecule has 9 heteroatoms. The Morgan fingerprint density at radius 1 is 1.19 bits per heavy atom. The summed E-state index contributed by atoms with van der Waals surface area (Å²) in [6.07, 6.45) is 1.12. The first-order valence-electron chi connectivity index (χ1n) is 9.78. The number of halogens is 1. The van der Waals surface area contributed by atoms with Crippen LogP contribution >= 0.6 is 0 Å². The predicted molar refractivity (Wildman–Crippen MR) is 110 cm³/mol. The standard InChI is InChI=1S/C22H24FN5O3/c1-22(2,3)31-21(29)28-8-6-15(7-9-28)14-30-20-5-4-17(10-18(20)23)27-19(13-26)16(11-24)12-25/h4-5,10,15,27H,6-9,14H2,1-3H3. The Hall–Kier alpha value is -3.77. The second-order valence-electron chi connectivity index (χ2n) is 8.08. The number of anilines is 1. The van der Waals surface area contributed by atoms with Crippen LogP contribution in [-0.4, -0.2) is 36.3 Å². The van der Waals surface area contributed by atoms with E-state index in [0.717, 1.165) is 18.9 Å². The van der Waals surface area contributed by atoms with Crippen molar-refractivity contribution in [3.63, 3.8) is 0 Å². The zero-order chi connectivity index (χ0) is 23.0. The van der Waals surface area contributed by atoms with Gasteiger partial charge >= 0.3 is 6.09 Å². The van der Waals surface area contributed by atoms with Crippen LogP contribution in [0.1, 0.15) is 33.6 Å². The normalized spacial score (nSPS) is 13.9. The molecule has 0 atom stereocenters. The van der Waals surface area contributed by atoms with E-state index in [0.29, 0.717) is 19.7 Å². The predicted octanol–water partition coefficient (Wildman–Crippen LogP) is 4.09. The average Bonchev–Trinajstić information content (AvgIpc) is 2.72. The van der Waals surface area contributed by atoms with Crippen LogP contribution < -0.4 is 10.1 Å². The molecule has 1 saturated heterocycles. The molecule has 1 N–H and O–H groups in total. The number of allylic oxidation sites excluding steroid dienone is 2. The van der Waals surface area contributed by atoms with E-state index in [1.165, 1.54) is 12.1 Å². The molecule has 0 spiro atoms. The van der Waals surface area contributed by atoms with Gasteiger partial charge in [0, 0.05) is 24.8 Å². The van der Waals surface area contributed by atoms with Gasteiger partial charge in [-0.1, -0.05) is 0 Å². The Morgan fingerprint density at radius 3 is 2.35 bits per heavy atom. The van der Waals surface area contributed by atoms with Crippen LogP contribution in [0.3, 0.4) is 0 Å². The lowest BCUT2D eigenvalue weighted by atomic mass is 9.98. The Kier molecular flexibility index (Phi) is 7.82. The molecule has 0 radical (unpaired) electrons. The summed E-state index contributed by atoms with van der Waals surface area (Å²) in [6, 6.07) is 8.97. The van der Waals surface area contributed by atoms with Gasteiger partial charge in [-0.05, 0) is 51.7 Å².